The van der Waals surface area contributed by atoms with E-state index >= 15 is 0 Å². The zero-order valence-corrected chi connectivity index (χ0v) is 18.0. The Hall–Kier alpha value is -3.92. The van der Waals surface area contributed by atoms with E-state index in [1.54, 1.807) is 24.3 Å². The number of hydrogen-bond donors (Lipinski definition) is 3. The average molecular weight is 457 g/mol. The number of hydrogen-bond acceptors (Lipinski definition) is 5. The van der Waals surface area contributed by atoms with Crippen molar-refractivity contribution in [3.63, 3.8) is 0 Å². The van der Waals surface area contributed by atoms with Gasteiger partial charge in [-0.3, -0.25) is 14.3 Å². The van der Waals surface area contributed by atoms with Gasteiger partial charge in [0.25, 0.3) is 21.8 Å². The molecule has 0 unspecified atom stereocenters. The van der Waals surface area contributed by atoms with Crippen LogP contribution in [0.3, 0.4) is 0 Å². The van der Waals surface area contributed by atoms with Crippen molar-refractivity contribution in [2.75, 3.05) is 24.2 Å². The maximum Gasteiger partial charge on any atom is 0.261 e. The number of nitrogens with one attached hydrogen (secondary N) is 3. The van der Waals surface area contributed by atoms with E-state index in [1.165, 1.54) is 50.6 Å². The van der Waals surface area contributed by atoms with E-state index in [2.05, 4.69) is 15.4 Å². The molecule has 0 spiro atoms. The minimum Gasteiger partial charge on any atom is -0.497 e. The quantitative estimate of drug-likeness (QED) is 0.504. The Morgan fingerprint density at radius 2 is 1.59 bits per heavy atom. The summed E-state index contributed by atoms with van der Waals surface area (Å²) >= 11 is 0. The van der Waals surface area contributed by atoms with Crippen molar-refractivity contribution in [2.24, 2.45) is 0 Å². The van der Waals surface area contributed by atoms with Crippen molar-refractivity contribution in [2.45, 2.75) is 4.90 Å². The molecule has 8 nitrogen and oxygen atoms in total. The van der Waals surface area contributed by atoms with Crippen LogP contribution in [0.15, 0.2) is 71.6 Å². The van der Waals surface area contributed by atoms with Gasteiger partial charge in [-0.05, 0) is 60.7 Å². The SMILES string of the molecule is CNC(=O)c1cc(NC(=O)c2cccc(S(=O)(=O)Nc3ccc(OC)cc3)c2)ccc1F. The highest BCUT2D eigenvalue weighted by atomic mass is 32.2. The molecule has 3 aromatic carbocycles. The molecule has 0 aliphatic rings. The summed E-state index contributed by atoms with van der Waals surface area (Å²) in [6, 6.07) is 15.3. The summed E-state index contributed by atoms with van der Waals surface area (Å²) in [5.41, 5.74) is 0.340. The number of anilines is 2. The lowest BCUT2D eigenvalue weighted by Gasteiger charge is -2.11. The minimum absolute atomic E-state index is 0.0634. The van der Waals surface area contributed by atoms with Crippen LogP contribution in [0.5, 0.6) is 5.75 Å². The lowest BCUT2D eigenvalue weighted by molar-refractivity contribution is 0.0957. The summed E-state index contributed by atoms with van der Waals surface area (Å²) in [5, 5.41) is 4.84. The van der Waals surface area contributed by atoms with Crippen molar-refractivity contribution >= 4 is 33.2 Å². The molecule has 0 bridgehead atoms. The largest absolute Gasteiger partial charge is 0.497 e. The highest BCUT2D eigenvalue weighted by Crippen LogP contribution is 2.21. The molecular weight excluding hydrogens is 437 g/mol. The van der Waals surface area contributed by atoms with E-state index in [1.807, 2.05) is 0 Å². The number of carbonyl (C=O) groups is 2. The topological polar surface area (TPSA) is 114 Å². The Balaban J connectivity index is 1.80. The second kappa shape index (κ2) is 9.48. The Bertz CT molecular complexity index is 1260. The van der Waals surface area contributed by atoms with Crippen LogP contribution in [0.25, 0.3) is 0 Å². The predicted molar refractivity (Wildman–Crippen MR) is 118 cm³/mol. The van der Waals surface area contributed by atoms with Gasteiger partial charge in [0.15, 0.2) is 0 Å². The number of amides is 2. The van der Waals surface area contributed by atoms with Gasteiger partial charge in [0.05, 0.1) is 17.6 Å². The number of ether oxygens (including phenoxy) is 1. The standard InChI is InChI=1S/C22H20FN3O5S/c1-24-22(28)19-13-16(8-11-20(19)23)25-21(27)14-4-3-5-18(12-14)32(29,30)26-15-6-9-17(31-2)10-7-15/h3-13,26H,1-2H3,(H,24,28)(H,25,27). The van der Waals surface area contributed by atoms with Crippen LogP contribution < -0.4 is 20.1 Å². The van der Waals surface area contributed by atoms with E-state index in [9.17, 15) is 22.4 Å². The van der Waals surface area contributed by atoms with Crippen molar-refractivity contribution in [3.8, 4) is 5.75 Å². The van der Waals surface area contributed by atoms with Crippen LogP contribution >= 0.6 is 0 Å². The molecule has 166 valence electrons. The van der Waals surface area contributed by atoms with E-state index in [4.69, 9.17) is 4.74 Å². The Morgan fingerprint density at radius 1 is 0.906 bits per heavy atom. The molecule has 3 rings (SSSR count). The van der Waals surface area contributed by atoms with Gasteiger partial charge in [0.1, 0.15) is 11.6 Å². The molecule has 32 heavy (non-hydrogen) atoms. The number of rotatable bonds is 7. The monoisotopic (exact) mass is 457 g/mol. The second-order valence-corrected chi connectivity index (χ2v) is 8.27. The number of benzene rings is 3. The van der Waals surface area contributed by atoms with Gasteiger partial charge >= 0.3 is 0 Å². The van der Waals surface area contributed by atoms with Gasteiger partial charge in [-0.2, -0.15) is 0 Å². The molecule has 10 heteroatoms. The van der Waals surface area contributed by atoms with Gasteiger partial charge in [0, 0.05) is 24.0 Å². The molecule has 3 N–H and O–H groups in total. The lowest BCUT2D eigenvalue weighted by atomic mass is 10.1. The van der Waals surface area contributed by atoms with Crippen molar-refractivity contribution < 1.29 is 27.1 Å². The lowest BCUT2D eigenvalue weighted by Crippen LogP contribution is -2.20. The average Bonchev–Trinajstić information content (AvgIpc) is 2.80. The zero-order valence-electron chi connectivity index (χ0n) is 17.2. The van der Waals surface area contributed by atoms with Gasteiger partial charge in [-0.15, -0.1) is 0 Å². The van der Waals surface area contributed by atoms with Crippen LogP contribution in [-0.4, -0.2) is 34.4 Å². The second-order valence-electron chi connectivity index (χ2n) is 6.59. The first-order valence-electron chi connectivity index (χ1n) is 9.33. The van der Waals surface area contributed by atoms with E-state index in [-0.39, 0.29) is 21.7 Å². The van der Waals surface area contributed by atoms with E-state index in [0.717, 1.165) is 6.07 Å². The number of halogens is 1. The maximum atomic E-state index is 13.8. The first-order chi connectivity index (χ1) is 15.2. The molecule has 0 radical (unpaired) electrons. The van der Waals surface area contributed by atoms with Crippen molar-refractivity contribution in [1.82, 2.24) is 5.32 Å². The first-order valence-corrected chi connectivity index (χ1v) is 10.8. The van der Waals surface area contributed by atoms with Crippen LogP contribution in [-0.2, 0) is 10.0 Å². The number of sulfonamides is 1. The van der Waals surface area contributed by atoms with Crippen molar-refractivity contribution in [3.05, 3.63) is 83.7 Å². The molecular formula is C22H20FN3O5S. The summed E-state index contributed by atoms with van der Waals surface area (Å²) < 4.78 is 46.7. The number of carbonyl (C=O) groups excluding carboxylic acids is 2. The zero-order chi connectivity index (χ0) is 23.3. The Kier molecular flexibility index (Phi) is 6.74. The van der Waals surface area contributed by atoms with Crippen molar-refractivity contribution in [1.29, 1.82) is 0 Å². The predicted octanol–water partition coefficient (Wildman–Crippen LogP) is 3.25. The summed E-state index contributed by atoms with van der Waals surface area (Å²) in [4.78, 5) is 24.2. The smallest absolute Gasteiger partial charge is 0.261 e. The van der Waals surface area contributed by atoms with Crippen LogP contribution in [0.4, 0.5) is 15.8 Å². The molecule has 0 aliphatic heterocycles. The van der Waals surface area contributed by atoms with E-state index < -0.39 is 27.7 Å². The number of methoxy groups -OCH3 is 1. The molecule has 3 aromatic rings. The Morgan fingerprint density at radius 3 is 2.25 bits per heavy atom. The molecule has 0 aromatic heterocycles. The highest BCUT2D eigenvalue weighted by Gasteiger charge is 2.18. The van der Waals surface area contributed by atoms with E-state index in [0.29, 0.717) is 11.4 Å². The molecule has 0 aliphatic carbocycles. The molecule has 0 saturated heterocycles. The van der Waals surface area contributed by atoms with Crippen LogP contribution in [0.1, 0.15) is 20.7 Å². The molecule has 0 heterocycles. The highest BCUT2D eigenvalue weighted by molar-refractivity contribution is 7.92. The van der Waals surface area contributed by atoms with Gasteiger partial charge in [-0.1, -0.05) is 6.07 Å². The summed E-state index contributed by atoms with van der Waals surface area (Å²) in [6.45, 7) is 0. The van der Waals surface area contributed by atoms with Gasteiger partial charge in [-0.25, -0.2) is 12.8 Å². The maximum absolute atomic E-state index is 13.8. The van der Waals surface area contributed by atoms with Crippen LogP contribution in [0, 0.1) is 5.82 Å². The fourth-order valence-corrected chi connectivity index (χ4v) is 3.90. The minimum atomic E-state index is -3.96. The Labute approximate surface area is 184 Å². The molecule has 2 amide bonds. The van der Waals surface area contributed by atoms with Crippen LogP contribution in [0.2, 0.25) is 0 Å². The third kappa shape index (κ3) is 5.22. The summed E-state index contributed by atoms with van der Waals surface area (Å²) in [6.07, 6.45) is 0. The fraction of sp³-hybridized carbons (Fsp3) is 0.0909. The fourth-order valence-electron chi connectivity index (χ4n) is 2.79. The molecule has 0 atom stereocenters. The van der Waals surface area contributed by atoms with Gasteiger partial charge in [0.2, 0.25) is 0 Å². The third-order valence-corrected chi connectivity index (χ3v) is 5.82. The third-order valence-electron chi connectivity index (χ3n) is 4.44. The normalized spacial score (nSPS) is 10.8. The molecule has 0 saturated carbocycles. The molecule has 0 fully saturated rings. The van der Waals surface area contributed by atoms with Gasteiger partial charge < -0.3 is 15.4 Å². The first kappa shape index (κ1) is 22.8. The summed E-state index contributed by atoms with van der Waals surface area (Å²) in [5.74, 6) is -1.43. The summed E-state index contributed by atoms with van der Waals surface area (Å²) in [7, 11) is -1.10.